The van der Waals surface area contributed by atoms with Gasteiger partial charge in [0.25, 0.3) is 0 Å². The SMILES string of the molecule is CC1(C)C[C@]2(CCC[NH+](CC#N)C2)CCO1. The van der Waals surface area contributed by atoms with Crippen LogP contribution in [0.25, 0.3) is 0 Å². The molecule has 2 saturated heterocycles. The Morgan fingerprint density at radius 1 is 1.38 bits per heavy atom. The fraction of sp³-hybridized carbons (Fsp3) is 0.923. The molecule has 2 heterocycles. The number of hydrogen-bond donors (Lipinski definition) is 1. The van der Waals surface area contributed by atoms with Gasteiger partial charge < -0.3 is 9.64 Å². The lowest BCUT2D eigenvalue weighted by Crippen LogP contribution is -3.14. The number of piperidine rings is 1. The van der Waals surface area contributed by atoms with Gasteiger partial charge in [-0.25, -0.2) is 0 Å². The molecule has 0 aromatic carbocycles. The molecule has 3 heteroatoms. The number of nitrogens with zero attached hydrogens (tertiary/aromatic N) is 1. The molecule has 0 aromatic heterocycles. The van der Waals surface area contributed by atoms with E-state index in [2.05, 4.69) is 19.9 Å². The number of likely N-dealkylation sites (tertiary alicyclic amines) is 1. The van der Waals surface area contributed by atoms with Crippen molar-refractivity contribution < 1.29 is 9.64 Å². The van der Waals surface area contributed by atoms with Gasteiger partial charge >= 0.3 is 0 Å². The third kappa shape index (κ3) is 2.56. The number of nitriles is 1. The highest BCUT2D eigenvalue weighted by atomic mass is 16.5. The molecule has 2 aliphatic rings. The average Bonchev–Trinajstić information content (AvgIpc) is 2.16. The van der Waals surface area contributed by atoms with E-state index in [0.717, 1.165) is 13.0 Å². The lowest BCUT2D eigenvalue weighted by molar-refractivity contribution is -0.906. The third-order valence-corrected chi connectivity index (χ3v) is 4.12. The minimum Gasteiger partial charge on any atom is -0.376 e. The molecule has 2 atom stereocenters. The number of rotatable bonds is 1. The largest absolute Gasteiger partial charge is 0.376 e. The highest BCUT2D eigenvalue weighted by Gasteiger charge is 2.45. The smallest absolute Gasteiger partial charge is 0.165 e. The number of ether oxygens (including phenoxy) is 1. The van der Waals surface area contributed by atoms with E-state index in [1.807, 2.05) is 0 Å². The topological polar surface area (TPSA) is 37.5 Å². The molecule has 0 bridgehead atoms. The van der Waals surface area contributed by atoms with Crippen molar-refractivity contribution in [2.45, 2.75) is 45.1 Å². The van der Waals surface area contributed by atoms with Crippen molar-refractivity contribution in [2.75, 3.05) is 26.2 Å². The van der Waals surface area contributed by atoms with Crippen LogP contribution in [0.3, 0.4) is 0 Å². The molecule has 2 fully saturated rings. The average molecular weight is 223 g/mol. The molecule has 0 radical (unpaired) electrons. The summed E-state index contributed by atoms with van der Waals surface area (Å²) in [5, 5.41) is 8.81. The molecule has 2 rings (SSSR count). The standard InChI is InChI=1S/C13H22N2O/c1-12(2)10-13(5-9-16-12)4-3-7-15(11-13)8-6-14/h3-5,7-11H2,1-2H3/p+1/t13-/m0/s1. The van der Waals surface area contributed by atoms with Crippen molar-refractivity contribution in [3.05, 3.63) is 0 Å². The van der Waals surface area contributed by atoms with E-state index < -0.39 is 0 Å². The molecule has 3 nitrogen and oxygen atoms in total. The van der Waals surface area contributed by atoms with Gasteiger partial charge in [0.05, 0.1) is 18.7 Å². The van der Waals surface area contributed by atoms with E-state index in [0.29, 0.717) is 12.0 Å². The van der Waals surface area contributed by atoms with E-state index in [1.165, 1.54) is 37.3 Å². The highest BCUT2D eigenvalue weighted by Crippen LogP contribution is 2.42. The van der Waals surface area contributed by atoms with Gasteiger partial charge in [-0.1, -0.05) is 0 Å². The third-order valence-electron chi connectivity index (χ3n) is 4.12. The molecule has 0 amide bonds. The maximum atomic E-state index is 8.81. The van der Waals surface area contributed by atoms with Crippen LogP contribution in [0.4, 0.5) is 0 Å². The fourth-order valence-corrected chi connectivity index (χ4v) is 3.63. The summed E-state index contributed by atoms with van der Waals surface area (Å²) in [5.41, 5.74) is 0.486. The van der Waals surface area contributed by atoms with Crippen molar-refractivity contribution in [1.29, 1.82) is 5.26 Å². The summed E-state index contributed by atoms with van der Waals surface area (Å²) in [6.07, 6.45) is 4.95. The van der Waals surface area contributed by atoms with Crippen molar-refractivity contribution >= 4 is 0 Å². The van der Waals surface area contributed by atoms with E-state index in [4.69, 9.17) is 10.00 Å². The Kier molecular flexibility index (Phi) is 3.23. The lowest BCUT2D eigenvalue weighted by Gasteiger charge is -2.47. The Balaban J connectivity index is 2.04. The summed E-state index contributed by atoms with van der Waals surface area (Å²) in [6, 6.07) is 2.31. The molecular weight excluding hydrogens is 200 g/mol. The quantitative estimate of drug-likeness (QED) is 0.667. The highest BCUT2D eigenvalue weighted by molar-refractivity contribution is 4.91. The summed E-state index contributed by atoms with van der Waals surface area (Å²) in [7, 11) is 0. The first-order valence-electron chi connectivity index (χ1n) is 6.40. The van der Waals surface area contributed by atoms with Crippen molar-refractivity contribution in [3.8, 4) is 6.07 Å². The zero-order valence-corrected chi connectivity index (χ0v) is 10.5. The van der Waals surface area contributed by atoms with Gasteiger partial charge in [-0.05, 0) is 39.5 Å². The van der Waals surface area contributed by atoms with Crippen LogP contribution in [-0.4, -0.2) is 31.8 Å². The van der Waals surface area contributed by atoms with Crippen LogP contribution in [0.15, 0.2) is 0 Å². The van der Waals surface area contributed by atoms with Crippen LogP contribution < -0.4 is 4.90 Å². The Bertz CT molecular complexity index is 291. The predicted molar refractivity (Wildman–Crippen MR) is 62.1 cm³/mol. The molecule has 90 valence electrons. The minimum absolute atomic E-state index is 0.0351. The van der Waals surface area contributed by atoms with Crippen molar-refractivity contribution in [2.24, 2.45) is 5.41 Å². The van der Waals surface area contributed by atoms with Crippen LogP contribution in [-0.2, 0) is 4.74 Å². The van der Waals surface area contributed by atoms with Gasteiger partial charge in [0.15, 0.2) is 6.54 Å². The van der Waals surface area contributed by atoms with Crippen LogP contribution >= 0.6 is 0 Å². The Labute approximate surface area is 98.4 Å². The Morgan fingerprint density at radius 3 is 2.88 bits per heavy atom. The van der Waals surface area contributed by atoms with Gasteiger partial charge in [0.2, 0.25) is 0 Å². The molecule has 1 unspecified atom stereocenters. The minimum atomic E-state index is 0.0351. The molecule has 0 saturated carbocycles. The maximum absolute atomic E-state index is 8.81. The molecule has 1 N–H and O–H groups in total. The van der Waals surface area contributed by atoms with Crippen LogP contribution in [0.2, 0.25) is 0 Å². The summed E-state index contributed by atoms with van der Waals surface area (Å²) < 4.78 is 5.81. The lowest BCUT2D eigenvalue weighted by atomic mass is 9.69. The normalized spacial score (nSPS) is 38.2. The first kappa shape index (κ1) is 11.9. The summed E-state index contributed by atoms with van der Waals surface area (Å²) in [5.74, 6) is 0. The summed E-state index contributed by atoms with van der Waals surface area (Å²) >= 11 is 0. The second-order valence-electron chi connectivity index (χ2n) is 6.15. The Hall–Kier alpha value is -0.590. The Morgan fingerprint density at radius 2 is 2.19 bits per heavy atom. The number of hydrogen-bond acceptors (Lipinski definition) is 2. The van der Waals surface area contributed by atoms with E-state index >= 15 is 0 Å². The number of nitrogens with one attached hydrogen (secondary N) is 1. The monoisotopic (exact) mass is 223 g/mol. The van der Waals surface area contributed by atoms with Gasteiger partial charge in [0.1, 0.15) is 6.07 Å². The maximum Gasteiger partial charge on any atom is 0.165 e. The first-order valence-corrected chi connectivity index (χ1v) is 6.40. The van der Waals surface area contributed by atoms with Gasteiger partial charge in [-0.3, -0.25) is 0 Å². The van der Waals surface area contributed by atoms with Crippen molar-refractivity contribution in [3.63, 3.8) is 0 Å². The van der Waals surface area contributed by atoms with Gasteiger partial charge in [0, 0.05) is 12.0 Å². The van der Waals surface area contributed by atoms with E-state index in [1.54, 1.807) is 0 Å². The van der Waals surface area contributed by atoms with Gasteiger partial charge in [-0.15, -0.1) is 0 Å². The molecule has 1 spiro atoms. The molecule has 2 aliphatic heterocycles. The second kappa shape index (κ2) is 4.35. The summed E-state index contributed by atoms with van der Waals surface area (Å²) in [4.78, 5) is 1.48. The van der Waals surface area contributed by atoms with Crippen LogP contribution in [0.5, 0.6) is 0 Å². The molecular formula is C13H23N2O+. The van der Waals surface area contributed by atoms with Crippen LogP contribution in [0.1, 0.15) is 39.5 Å². The number of quaternary nitrogens is 1. The van der Waals surface area contributed by atoms with Crippen molar-refractivity contribution in [1.82, 2.24) is 0 Å². The van der Waals surface area contributed by atoms with E-state index in [9.17, 15) is 0 Å². The second-order valence-corrected chi connectivity index (χ2v) is 6.15. The molecule has 0 aromatic rings. The fourth-order valence-electron chi connectivity index (χ4n) is 3.63. The zero-order valence-electron chi connectivity index (χ0n) is 10.5. The van der Waals surface area contributed by atoms with Gasteiger partial charge in [-0.2, -0.15) is 5.26 Å². The summed E-state index contributed by atoms with van der Waals surface area (Å²) in [6.45, 7) is 8.32. The first-order chi connectivity index (χ1) is 7.55. The zero-order chi connectivity index (χ0) is 11.6. The molecule has 16 heavy (non-hydrogen) atoms. The van der Waals surface area contributed by atoms with Crippen LogP contribution in [0, 0.1) is 16.7 Å². The van der Waals surface area contributed by atoms with E-state index in [-0.39, 0.29) is 5.60 Å². The predicted octanol–water partition coefficient (Wildman–Crippen LogP) is 0.764. The molecule has 0 aliphatic carbocycles.